The lowest BCUT2D eigenvalue weighted by molar-refractivity contribution is -0.174. The van der Waals surface area contributed by atoms with Crippen LogP contribution in [0.5, 0.6) is 0 Å². The van der Waals surface area contributed by atoms with Crippen molar-refractivity contribution in [1.82, 2.24) is 5.32 Å². The third-order valence-electron chi connectivity index (χ3n) is 4.86. The second-order valence-electron chi connectivity index (χ2n) is 7.15. The topological polar surface area (TPSA) is 120 Å². The summed E-state index contributed by atoms with van der Waals surface area (Å²) in [7, 11) is 0. The van der Waals surface area contributed by atoms with E-state index in [1.807, 2.05) is 19.1 Å². The molecule has 30 heavy (non-hydrogen) atoms. The van der Waals surface area contributed by atoms with Crippen molar-refractivity contribution in [2.45, 2.75) is 58.3 Å². The molecule has 3 rings (SSSR count). The Bertz CT molecular complexity index is 857. The maximum atomic E-state index is 12.7. The largest absolute Gasteiger partial charge is 0.462 e. The van der Waals surface area contributed by atoms with Gasteiger partial charge >= 0.3 is 23.9 Å². The molecule has 1 aromatic rings. The molecule has 0 radical (unpaired) electrons. The van der Waals surface area contributed by atoms with Gasteiger partial charge in [-0.05, 0) is 18.6 Å². The third-order valence-corrected chi connectivity index (χ3v) is 4.86. The number of hydrogen-bond acceptors (Lipinski definition) is 8. The average Bonchev–Trinajstić information content (AvgIpc) is 3.14. The van der Waals surface area contributed by atoms with Crippen LogP contribution in [0.1, 0.15) is 26.3 Å². The highest BCUT2D eigenvalue weighted by atomic mass is 16.6. The van der Waals surface area contributed by atoms with Gasteiger partial charge in [0.25, 0.3) is 0 Å². The molecule has 2 aliphatic rings. The smallest absolute Gasteiger partial charge is 0.324 e. The van der Waals surface area contributed by atoms with E-state index in [2.05, 4.69) is 5.32 Å². The van der Waals surface area contributed by atoms with Gasteiger partial charge in [0, 0.05) is 20.8 Å². The minimum Gasteiger partial charge on any atom is -0.462 e. The number of hydrogen-bond donors (Lipinski definition) is 1. The Hall–Kier alpha value is -3.14. The second-order valence-corrected chi connectivity index (χ2v) is 7.15. The molecule has 0 aliphatic carbocycles. The fraction of sp³-hybridized carbons (Fsp3) is 0.500. The van der Waals surface area contributed by atoms with Crippen molar-refractivity contribution in [1.29, 1.82) is 0 Å². The highest BCUT2D eigenvalue weighted by molar-refractivity contribution is 5.96. The van der Waals surface area contributed by atoms with Gasteiger partial charge in [-0.25, -0.2) is 4.79 Å². The molecule has 0 unspecified atom stereocenters. The van der Waals surface area contributed by atoms with E-state index in [0.717, 1.165) is 5.56 Å². The minimum absolute atomic E-state index is 0.283. The summed E-state index contributed by atoms with van der Waals surface area (Å²) in [6.07, 6.45) is -3.76. The molecule has 1 aromatic carbocycles. The molecule has 0 saturated carbocycles. The first-order valence-corrected chi connectivity index (χ1v) is 9.47. The average molecular weight is 420 g/mol. The summed E-state index contributed by atoms with van der Waals surface area (Å²) < 4.78 is 21.8. The molecule has 2 saturated heterocycles. The quantitative estimate of drug-likeness (QED) is 0.535. The lowest BCUT2D eigenvalue weighted by Crippen LogP contribution is -2.49. The van der Waals surface area contributed by atoms with E-state index in [-0.39, 0.29) is 6.61 Å². The summed E-state index contributed by atoms with van der Waals surface area (Å²) >= 11 is 0. The number of anilines is 1. The highest BCUT2D eigenvalue weighted by Gasteiger charge is 2.58. The van der Waals surface area contributed by atoms with Crippen LogP contribution in [-0.2, 0) is 33.3 Å². The van der Waals surface area contributed by atoms with Crippen molar-refractivity contribution in [3.05, 3.63) is 29.8 Å². The molecule has 10 heteroatoms. The SMILES string of the molecule is CC(=O)OC[C@@H](OC(C)=O)[C@H]1O[C@H]2[C@H](NC(=O)N2c2ccccc2C)[C@H]1OC(C)=O. The van der Waals surface area contributed by atoms with Gasteiger partial charge in [0.1, 0.15) is 18.8 Å². The van der Waals surface area contributed by atoms with Gasteiger partial charge in [-0.3, -0.25) is 19.3 Å². The van der Waals surface area contributed by atoms with Crippen LogP contribution in [-0.4, -0.2) is 61.1 Å². The normalized spacial score (nSPS) is 25.9. The predicted octanol–water partition coefficient (Wildman–Crippen LogP) is 1.04. The Kier molecular flexibility index (Phi) is 6.25. The first-order valence-electron chi connectivity index (χ1n) is 9.47. The number of para-hydroxylation sites is 1. The highest BCUT2D eigenvalue weighted by Crippen LogP contribution is 2.37. The zero-order valence-corrected chi connectivity index (χ0v) is 17.1. The number of rotatable bonds is 6. The number of ether oxygens (including phenoxy) is 4. The van der Waals surface area contributed by atoms with Crippen LogP contribution in [0.3, 0.4) is 0 Å². The molecule has 2 amide bonds. The molecular weight excluding hydrogens is 396 g/mol. The van der Waals surface area contributed by atoms with Crippen molar-refractivity contribution in [2.24, 2.45) is 0 Å². The number of nitrogens with zero attached hydrogens (tertiary/aromatic N) is 1. The van der Waals surface area contributed by atoms with Gasteiger partial charge in [-0.15, -0.1) is 0 Å². The van der Waals surface area contributed by atoms with Crippen LogP contribution in [0.4, 0.5) is 10.5 Å². The van der Waals surface area contributed by atoms with Gasteiger partial charge in [-0.2, -0.15) is 0 Å². The molecule has 5 atom stereocenters. The number of urea groups is 1. The Labute approximate surface area is 173 Å². The molecule has 2 aliphatic heterocycles. The Morgan fingerprint density at radius 2 is 1.83 bits per heavy atom. The van der Waals surface area contributed by atoms with Crippen molar-refractivity contribution in [3.8, 4) is 0 Å². The number of aryl methyl sites for hydroxylation is 1. The number of amides is 2. The Morgan fingerprint density at radius 3 is 2.43 bits per heavy atom. The van der Waals surface area contributed by atoms with Crippen LogP contribution < -0.4 is 10.2 Å². The summed E-state index contributed by atoms with van der Waals surface area (Å²) in [4.78, 5) is 48.7. The van der Waals surface area contributed by atoms with E-state index in [4.69, 9.17) is 18.9 Å². The third kappa shape index (κ3) is 4.38. The van der Waals surface area contributed by atoms with Crippen molar-refractivity contribution in [3.63, 3.8) is 0 Å². The fourth-order valence-electron chi connectivity index (χ4n) is 3.71. The van der Waals surface area contributed by atoms with Crippen molar-refractivity contribution in [2.75, 3.05) is 11.5 Å². The Balaban J connectivity index is 1.93. The summed E-state index contributed by atoms with van der Waals surface area (Å²) in [5, 5.41) is 2.79. The first kappa shape index (κ1) is 21.6. The summed E-state index contributed by atoms with van der Waals surface area (Å²) in [5.74, 6) is -1.77. The number of esters is 3. The zero-order valence-electron chi connectivity index (χ0n) is 17.1. The summed E-state index contributed by atoms with van der Waals surface area (Å²) in [6.45, 7) is 5.23. The molecule has 162 valence electrons. The number of benzene rings is 1. The van der Waals surface area contributed by atoms with E-state index in [1.54, 1.807) is 12.1 Å². The molecule has 10 nitrogen and oxygen atoms in total. The van der Waals surface area contributed by atoms with E-state index < -0.39 is 54.5 Å². The number of nitrogens with one attached hydrogen (secondary N) is 1. The molecular formula is C20H24N2O8. The monoisotopic (exact) mass is 420 g/mol. The Morgan fingerprint density at radius 1 is 1.13 bits per heavy atom. The van der Waals surface area contributed by atoms with Crippen LogP contribution >= 0.6 is 0 Å². The minimum atomic E-state index is -1.03. The standard InChI is InChI=1S/C20H24N2O8/c1-10-7-5-6-8-14(10)22-19-16(21-20(22)26)18(29-13(4)25)17(30-19)15(28-12(3)24)9-27-11(2)23/h5-8,15-19H,9H2,1-4H3,(H,21,26)/t15-,16-,17-,18-,19+/m1/s1. The number of fused-ring (bicyclic) bond motifs is 1. The van der Waals surface area contributed by atoms with Gasteiger partial charge in [0.15, 0.2) is 18.4 Å². The fourth-order valence-corrected chi connectivity index (χ4v) is 3.71. The lowest BCUT2D eigenvalue weighted by atomic mass is 10.0. The van der Waals surface area contributed by atoms with Gasteiger partial charge in [-0.1, -0.05) is 18.2 Å². The predicted molar refractivity (Wildman–Crippen MR) is 102 cm³/mol. The molecule has 0 bridgehead atoms. The van der Waals surface area contributed by atoms with E-state index >= 15 is 0 Å². The molecule has 2 heterocycles. The van der Waals surface area contributed by atoms with Gasteiger partial charge in [0.05, 0.1) is 5.69 Å². The van der Waals surface area contributed by atoms with Gasteiger partial charge < -0.3 is 24.3 Å². The zero-order chi connectivity index (χ0) is 22.0. The van der Waals surface area contributed by atoms with Crippen molar-refractivity contribution < 1.29 is 38.1 Å². The van der Waals surface area contributed by atoms with Crippen LogP contribution in [0.25, 0.3) is 0 Å². The lowest BCUT2D eigenvalue weighted by Gasteiger charge is -2.29. The van der Waals surface area contributed by atoms with Crippen LogP contribution in [0.15, 0.2) is 24.3 Å². The maximum Gasteiger partial charge on any atom is 0.324 e. The van der Waals surface area contributed by atoms with E-state index in [0.29, 0.717) is 5.69 Å². The van der Waals surface area contributed by atoms with Crippen molar-refractivity contribution >= 4 is 29.6 Å². The molecule has 0 aromatic heterocycles. The maximum absolute atomic E-state index is 12.7. The van der Waals surface area contributed by atoms with E-state index in [1.165, 1.54) is 25.7 Å². The van der Waals surface area contributed by atoms with Gasteiger partial charge in [0.2, 0.25) is 0 Å². The summed E-state index contributed by atoms with van der Waals surface area (Å²) in [5.41, 5.74) is 1.48. The molecule has 1 N–H and O–H groups in total. The first-order chi connectivity index (χ1) is 14.2. The van der Waals surface area contributed by atoms with Crippen LogP contribution in [0, 0.1) is 6.92 Å². The number of carbonyl (C=O) groups excluding carboxylic acids is 4. The molecule has 2 fully saturated rings. The molecule has 0 spiro atoms. The van der Waals surface area contributed by atoms with Crippen LogP contribution in [0.2, 0.25) is 0 Å². The van der Waals surface area contributed by atoms with E-state index in [9.17, 15) is 19.2 Å². The second kappa shape index (κ2) is 8.70. The summed E-state index contributed by atoms with van der Waals surface area (Å²) in [6, 6.07) is 6.16. The number of carbonyl (C=O) groups is 4.